The Bertz CT molecular complexity index is 40.1. The van der Waals surface area contributed by atoms with E-state index in [2.05, 4.69) is 0 Å². The quantitative estimate of drug-likeness (QED) is 0.498. The Balaban J connectivity index is 0. The van der Waals surface area contributed by atoms with Gasteiger partial charge in [0.05, 0.1) is 0 Å². The SMILES string of the molecule is CC(=O)O.[O]=[Cr]. The van der Waals surface area contributed by atoms with E-state index in [-0.39, 0.29) is 0 Å². The molecule has 0 rings (SSSR count). The van der Waals surface area contributed by atoms with Gasteiger partial charge in [-0.05, 0) is 0 Å². The van der Waals surface area contributed by atoms with E-state index < -0.39 is 5.97 Å². The molecule has 0 heterocycles. The molecule has 0 aromatic carbocycles. The number of aliphatic carboxylic acids is 1. The van der Waals surface area contributed by atoms with E-state index in [4.69, 9.17) is 13.7 Å². The standard InChI is InChI=1S/C2H4O2.Cr.O/c1-2(3)4;;/h1H3,(H,3,4);;. The average Bonchev–Trinajstić information content (AvgIpc) is 1.41. The van der Waals surface area contributed by atoms with Gasteiger partial charge in [0, 0.05) is 6.92 Å². The second-order valence-corrected chi connectivity index (χ2v) is 0.519. The van der Waals surface area contributed by atoms with Crippen LogP contribution in [0.5, 0.6) is 0 Å². The van der Waals surface area contributed by atoms with Gasteiger partial charge in [-0.3, -0.25) is 4.79 Å². The van der Waals surface area contributed by atoms with Gasteiger partial charge in [-0.15, -0.1) is 0 Å². The summed E-state index contributed by atoms with van der Waals surface area (Å²) in [6.07, 6.45) is 0. The van der Waals surface area contributed by atoms with E-state index in [1.165, 1.54) is 16.2 Å². The Kier molecular flexibility index (Phi) is 13.6. The molecule has 1 N–H and O–H groups in total. The third-order valence-electron chi connectivity index (χ3n) is 0. The van der Waals surface area contributed by atoms with E-state index in [0.29, 0.717) is 0 Å². The molecular formula is C2H4CrO3. The Morgan fingerprint density at radius 3 is 1.67 bits per heavy atom. The first-order chi connectivity index (χ1) is 2.73. The van der Waals surface area contributed by atoms with E-state index in [9.17, 15) is 0 Å². The van der Waals surface area contributed by atoms with Gasteiger partial charge < -0.3 is 5.11 Å². The molecule has 36 valence electrons. The average molecular weight is 128 g/mol. The molecule has 3 nitrogen and oxygen atoms in total. The molecule has 0 spiro atoms. The minimum absolute atomic E-state index is 0.833. The normalized spacial score (nSPS) is 4.83. The molecule has 0 saturated heterocycles. The van der Waals surface area contributed by atoms with Crippen molar-refractivity contribution in [3.8, 4) is 0 Å². The molecule has 0 radical (unpaired) electrons. The molecule has 0 aliphatic rings. The monoisotopic (exact) mass is 128 g/mol. The molecule has 0 aliphatic carbocycles. The zero-order valence-electron chi connectivity index (χ0n) is 3.17. The first kappa shape index (κ1) is 9.26. The van der Waals surface area contributed by atoms with Crippen LogP contribution < -0.4 is 0 Å². The van der Waals surface area contributed by atoms with Crippen molar-refractivity contribution in [2.45, 2.75) is 6.92 Å². The molecular weight excluding hydrogens is 124 g/mol. The van der Waals surface area contributed by atoms with Gasteiger partial charge in [0.15, 0.2) is 0 Å². The molecule has 0 unspecified atom stereocenters. The number of carbonyl (C=O) groups is 1. The predicted molar refractivity (Wildman–Crippen MR) is 14.0 cm³/mol. The molecule has 0 fully saturated rings. The molecule has 4 heteroatoms. The minimum atomic E-state index is -0.833. The maximum atomic E-state index is 9.00. The van der Waals surface area contributed by atoms with E-state index in [1.54, 1.807) is 0 Å². The first-order valence-electron chi connectivity index (χ1n) is 1.09. The Morgan fingerprint density at radius 2 is 1.67 bits per heavy atom. The van der Waals surface area contributed by atoms with E-state index in [0.717, 1.165) is 6.92 Å². The summed E-state index contributed by atoms with van der Waals surface area (Å²) < 4.78 is 8.12. The van der Waals surface area contributed by atoms with Gasteiger partial charge in [-0.2, -0.15) is 0 Å². The van der Waals surface area contributed by atoms with Crippen LogP contribution in [-0.2, 0) is 24.8 Å². The third-order valence-corrected chi connectivity index (χ3v) is 0. The fraction of sp³-hybridized carbons (Fsp3) is 0.500. The van der Waals surface area contributed by atoms with Crippen molar-refractivity contribution >= 4 is 5.97 Å². The van der Waals surface area contributed by atoms with Gasteiger partial charge in [-0.25, -0.2) is 0 Å². The topological polar surface area (TPSA) is 54.4 Å². The molecule has 6 heavy (non-hydrogen) atoms. The van der Waals surface area contributed by atoms with Gasteiger partial charge >= 0.3 is 20.0 Å². The second-order valence-electron chi connectivity index (χ2n) is 0.519. The van der Waals surface area contributed by atoms with Gasteiger partial charge in [0.1, 0.15) is 0 Å². The van der Waals surface area contributed by atoms with Crippen LogP contribution in [0.4, 0.5) is 0 Å². The molecule has 0 aromatic heterocycles. The Hall–Kier alpha value is -0.198. The predicted octanol–water partition coefficient (Wildman–Crippen LogP) is -0.0304. The fourth-order valence-corrected chi connectivity index (χ4v) is 0. The summed E-state index contributed by atoms with van der Waals surface area (Å²) in [7, 11) is 0. The van der Waals surface area contributed by atoms with Crippen molar-refractivity contribution in [3.63, 3.8) is 0 Å². The van der Waals surface area contributed by atoms with Crippen molar-refractivity contribution in [3.05, 3.63) is 0 Å². The Labute approximate surface area is 43.6 Å². The van der Waals surface area contributed by atoms with Crippen LogP contribution in [0.3, 0.4) is 0 Å². The van der Waals surface area contributed by atoms with Gasteiger partial charge in [0.25, 0.3) is 5.97 Å². The number of hydrogen-bond acceptors (Lipinski definition) is 2. The van der Waals surface area contributed by atoms with Crippen molar-refractivity contribution in [2.75, 3.05) is 0 Å². The zero-order chi connectivity index (χ0) is 5.58. The summed E-state index contributed by atoms with van der Waals surface area (Å²) in [4.78, 5) is 9.00. The van der Waals surface area contributed by atoms with Gasteiger partial charge in [0.2, 0.25) is 0 Å². The first-order valence-corrected chi connectivity index (χ1v) is 1.61. The summed E-state index contributed by atoms with van der Waals surface area (Å²) in [5.74, 6) is -0.833. The summed E-state index contributed by atoms with van der Waals surface area (Å²) in [5.41, 5.74) is 0. The second kappa shape index (κ2) is 8.84. The molecule has 0 saturated carbocycles. The molecule has 0 aromatic rings. The third kappa shape index (κ3) is 765. The van der Waals surface area contributed by atoms with Crippen LogP contribution in [-0.4, -0.2) is 11.1 Å². The van der Waals surface area contributed by atoms with E-state index in [1.807, 2.05) is 0 Å². The number of hydrogen-bond donors (Lipinski definition) is 1. The number of rotatable bonds is 0. The maximum absolute atomic E-state index is 9.00. The molecule has 0 amide bonds. The van der Waals surface area contributed by atoms with Crippen LogP contribution >= 0.6 is 0 Å². The zero-order valence-corrected chi connectivity index (χ0v) is 4.45. The van der Waals surface area contributed by atoms with Crippen LogP contribution in [0.1, 0.15) is 6.92 Å². The summed E-state index contributed by atoms with van der Waals surface area (Å²) in [6.45, 7) is 1.08. The number of carboxylic acid groups (broad SMARTS) is 1. The van der Waals surface area contributed by atoms with Crippen LogP contribution in [0.2, 0.25) is 0 Å². The van der Waals surface area contributed by atoms with Crippen molar-refractivity contribution < 1.29 is 29.9 Å². The fourth-order valence-electron chi connectivity index (χ4n) is 0. The van der Waals surface area contributed by atoms with Crippen molar-refractivity contribution in [1.82, 2.24) is 0 Å². The summed E-state index contributed by atoms with van der Waals surface area (Å²) >= 11 is 1.38. The van der Waals surface area contributed by atoms with Gasteiger partial charge in [-0.1, -0.05) is 0 Å². The number of carboxylic acids is 1. The Morgan fingerprint density at radius 1 is 1.67 bits per heavy atom. The van der Waals surface area contributed by atoms with Crippen LogP contribution in [0.25, 0.3) is 0 Å². The molecule has 0 aliphatic heterocycles. The summed E-state index contributed by atoms with van der Waals surface area (Å²) in [5, 5.41) is 7.42. The van der Waals surface area contributed by atoms with Crippen molar-refractivity contribution in [2.24, 2.45) is 0 Å². The van der Waals surface area contributed by atoms with Crippen molar-refractivity contribution in [1.29, 1.82) is 0 Å². The molecule has 0 atom stereocenters. The van der Waals surface area contributed by atoms with Crippen LogP contribution in [0, 0.1) is 0 Å². The molecule has 0 bridgehead atoms. The van der Waals surface area contributed by atoms with Crippen LogP contribution in [0.15, 0.2) is 0 Å². The summed E-state index contributed by atoms with van der Waals surface area (Å²) in [6, 6.07) is 0. The van der Waals surface area contributed by atoms with E-state index >= 15 is 0 Å².